The molecule has 1 aromatic carbocycles. The van der Waals surface area contributed by atoms with E-state index in [1.165, 1.54) is 9.91 Å². The molecule has 0 bridgehead atoms. The number of carbonyl (C=O) groups is 2. The van der Waals surface area contributed by atoms with Crippen LogP contribution in [0.15, 0.2) is 52.2 Å². The standard InChI is InChI=1S/C23H30N4O5/c1-4-11-24-23(29)26(12-14-30-2)16-22(28)27-20(21-6-5-13-32-21)15-19(25-27)17-7-9-18(31-3)10-8-17/h5-10,13,20H,4,11-12,14-16H2,1-3H3,(H,24,29). The first kappa shape index (κ1) is 23.3. The van der Waals surface area contributed by atoms with E-state index >= 15 is 0 Å². The Morgan fingerprint density at radius 1 is 1.25 bits per heavy atom. The second-order valence-electron chi connectivity index (χ2n) is 7.40. The second kappa shape index (κ2) is 11.3. The molecule has 2 aromatic rings. The second-order valence-corrected chi connectivity index (χ2v) is 7.40. The van der Waals surface area contributed by atoms with Crippen LogP contribution in [0, 0.1) is 0 Å². The fourth-order valence-corrected chi connectivity index (χ4v) is 3.43. The van der Waals surface area contributed by atoms with E-state index in [4.69, 9.17) is 13.9 Å². The summed E-state index contributed by atoms with van der Waals surface area (Å²) in [5, 5.41) is 8.85. The van der Waals surface area contributed by atoms with Crippen molar-refractivity contribution in [2.45, 2.75) is 25.8 Å². The molecule has 0 radical (unpaired) electrons. The van der Waals surface area contributed by atoms with Gasteiger partial charge in [0.1, 0.15) is 24.1 Å². The van der Waals surface area contributed by atoms with Gasteiger partial charge in [0, 0.05) is 26.6 Å². The zero-order valence-corrected chi connectivity index (χ0v) is 18.7. The van der Waals surface area contributed by atoms with Crippen LogP contribution in [0.4, 0.5) is 4.79 Å². The molecule has 1 N–H and O–H groups in total. The summed E-state index contributed by atoms with van der Waals surface area (Å²) in [7, 11) is 3.17. The van der Waals surface area contributed by atoms with Crippen molar-refractivity contribution in [3.63, 3.8) is 0 Å². The zero-order valence-electron chi connectivity index (χ0n) is 18.7. The summed E-state index contributed by atoms with van der Waals surface area (Å²) in [6.45, 7) is 3.02. The van der Waals surface area contributed by atoms with Gasteiger partial charge in [-0.3, -0.25) is 4.79 Å². The minimum absolute atomic E-state index is 0.116. The Hall–Kier alpha value is -3.33. The molecule has 9 heteroatoms. The van der Waals surface area contributed by atoms with Crippen LogP contribution in [-0.4, -0.2) is 68.0 Å². The quantitative estimate of drug-likeness (QED) is 0.610. The smallest absolute Gasteiger partial charge is 0.317 e. The Kier molecular flexibility index (Phi) is 8.27. The monoisotopic (exact) mass is 442 g/mol. The lowest BCUT2D eigenvalue weighted by molar-refractivity contribution is -0.134. The van der Waals surface area contributed by atoms with Crippen molar-refractivity contribution >= 4 is 17.6 Å². The van der Waals surface area contributed by atoms with Crippen molar-refractivity contribution in [3.05, 3.63) is 54.0 Å². The Labute approximate surface area is 188 Å². The summed E-state index contributed by atoms with van der Waals surface area (Å²) in [4.78, 5) is 27.3. The Balaban J connectivity index is 1.81. The largest absolute Gasteiger partial charge is 0.497 e. The van der Waals surface area contributed by atoms with Gasteiger partial charge in [0.05, 0.1) is 25.7 Å². The minimum atomic E-state index is -0.377. The van der Waals surface area contributed by atoms with Crippen molar-refractivity contribution in [1.29, 1.82) is 0 Å². The van der Waals surface area contributed by atoms with Crippen LogP contribution in [0.5, 0.6) is 5.75 Å². The lowest BCUT2D eigenvalue weighted by atomic mass is 10.0. The number of furan rings is 1. The molecule has 1 aromatic heterocycles. The van der Waals surface area contributed by atoms with Gasteiger partial charge >= 0.3 is 6.03 Å². The molecule has 1 atom stereocenters. The van der Waals surface area contributed by atoms with Gasteiger partial charge in [-0.05, 0) is 48.4 Å². The number of amides is 3. The molecule has 3 rings (SSSR count). The van der Waals surface area contributed by atoms with E-state index in [1.807, 2.05) is 37.3 Å². The summed E-state index contributed by atoms with van der Waals surface area (Å²) in [6, 6.07) is 10.5. The molecule has 0 spiro atoms. The number of hydrogen-bond acceptors (Lipinski definition) is 6. The van der Waals surface area contributed by atoms with Crippen LogP contribution in [0.25, 0.3) is 0 Å². The highest BCUT2D eigenvalue weighted by Crippen LogP contribution is 2.33. The first-order chi connectivity index (χ1) is 15.6. The first-order valence-electron chi connectivity index (χ1n) is 10.7. The average molecular weight is 443 g/mol. The molecule has 0 saturated heterocycles. The zero-order chi connectivity index (χ0) is 22.9. The van der Waals surface area contributed by atoms with E-state index in [1.54, 1.807) is 26.5 Å². The number of ether oxygens (including phenoxy) is 2. The maximum absolute atomic E-state index is 13.3. The molecule has 32 heavy (non-hydrogen) atoms. The highest BCUT2D eigenvalue weighted by Gasteiger charge is 2.35. The molecule has 2 heterocycles. The van der Waals surface area contributed by atoms with Crippen molar-refractivity contribution < 1.29 is 23.5 Å². The molecular formula is C23H30N4O5. The maximum Gasteiger partial charge on any atom is 0.317 e. The maximum atomic E-state index is 13.3. The lowest BCUT2D eigenvalue weighted by Crippen LogP contribution is -2.47. The van der Waals surface area contributed by atoms with Gasteiger partial charge in [-0.1, -0.05) is 6.92 Å². The highest BCUT2D eigenvalue weighted by atomic mass is 16.5. The lowest BCUT2D eigenvalue weighted by Gasteiger charge is -2.26. The SMILES string of the molecule is CCCNC(=O)N(CCOC)CC(=O)N1N=C(c2ccc(OC)cc2)CC1c1ccco1. The molecule has 172 valence electrons. The van der Waals surface area contributed by atoms with Gasteiger partial charge in [0.25, 0.3) is 5.91 Å². The van der Waals surface area contributed by atoms with Gasteiger partial charge < -0.3 is 24.1 Å². The molecule has 3 amide bonds. The summed E-state index contributed by atoms with van der Waals surface area (Å²) >= 11 is 0. The van der Waals surface area contributed by atoms with E-state index in [9.17, 15) is 9.59 Å². The molecule has 1 aliphatic heterocycles. The molecule has 0 fully saturated rings. The van der Waals surface area contributed by atoms with E-state index in [0.717, 1.165) is 23.4 Å². The van der Waals surface area contributed by atoms with Crippen molar-refractivity contribution in [2.24, 2.45) is 5.10 Å². The highest BCUT2D eigenvalue weighted by molar-refractivity contribution is 6.03. The normalized spacial score (nSPS) is 15.4. The number of nitrogens with one attached hydrogen (secondary N) is 1. The number of hydrazone groups is 1. The van der Waals surface area contributed by atoms with Crippen LogP contribution in [0.2, 0.25) is 0 Å². The van der Waals surface area contributed by atoms with Crippen LogP contribution < -0.4 is 10.1 Å². The summed E-state index contributed by atoms with van der Waals surface area (Å²) in [6.07, 6.45) is 2.89. The van der Waals surface area contributed by atoms with Gasteiger partial charge in [-0.15, -0.1) is 0 Å². The molecule has 0 saturated carbocycles. The number of hydrogen-bond donors (Lipinski definition) is 1. The third kappa shape index (κ3) is 5.67. The molecular weight excluding hydrogens is 412 g/mol. The predicted molar refractivity (Wildman–Crippen MR) is 120 cm³/mol. The first-order valence-corrected chi connectivity index (χ1v) is 10.7. The van der Waals surface area contributed by atoms with Crippen LogP contribution in [-0.2, 0) is 9.53 Å². The van der Waals surface area contributed by atoms with Crippen molar-refractivity contribution in [1.82, 2.24) is 15.2 Å². The van der Waals surface area contributed by atoms with Crippen LogP contribution >= 0.6 is 0 Å². The van der Waals surface area contributed by atoms with Crippen molar-refractivity contribution in [2.75, 3.05) is 40.5 Å². The topological polar surface area (TPSA) is 96.6 Å². The van der Waals surface area contributed by atoms with Crippen molar-refractivity contribution in [3.8, 4) is 5.75 Å². The summed E-state index contributed by atoms with van der Waals surface area (Å²) in [5.74, 6) is 1.09. The predicted octanol–water partition coefficient (Wildman–Crippen LogP) is 3.03. The fraction of sp³-hybridized carbons (Fsp3) is 0.435. The Morgan fingerprint density at radius 3 is 2.66 bits per heavy atom. The number of rotatable bonds is 10. The van der Waals surface area contributed by atoms with E-state index in [2.05, 4.69) is 10.4 Å². The molecule has 1 unspecified atom stereocenters. The van der Waals surface area contributed by atoms with Gasteiger partial charge in [0.2, 0.25) is 0 Å². The number of carbonyl (C=O) groups excluding carboxylic acids is 2. The number of methoxy groups -OCH3 is 2. The van der Waals surface area contributed by atoms with E-state index in [-0.39, 0.29) is 24.5 Å². The van der Waals surface area contributed by atoms with Gasteiger partial charge in [-0.2, -0.15) is 5.10 Å². The van der Waals surface area contributed by atoms with E-state index in [0.29, 0.717) is 31.9 Å². The number of benzene rings is 1. The fourth-order valence-electron chi connectivity index (χ4n) is 3.43. The average Bonchev–Trinajstić information content (AvgIpc) is 3.50. The van der Waals surface area contributed by atoms with E-state index < -0.39 is 0 Å². The van der Waals surface area contributed by atoms with Gasteiger partial charge in [-0.25, -0.2) is 9.80 Å². The van der Waals surface area contributed by atoms with Gasteiger partial charge in [0.15, 0.2) is 0 Å². The summed E-state index contributed by atoms with van der Waals surface area (Å²) in [5.41, 5.74) is 1.66. The minimum Gasteiger partial charge on any atom is -0.497 e. The number of urea groups is 1. The van der Waals surface area contributed by atoms with Crippen LogP contribution in [0.1, 0.15) is 37.1 Å². The third-order valence-electron chi connectivity index (χ3n) is 5.17. The third-order valence-corrected chi connectivity index (χ3v) is 5.17. The molecule has 9 nitrogen and oxygen atoms in total. The van der Waals surface area contributed by atoms with Crippen LogP contribution in [0.3, 0.4) is 0 Å². The Morgan fingerprint density at radius 2 is 2.03 bits per heavy atom. The molecule has 0 aliphatic carbocycles. The Bertz CT molecular complexity index is 911. The molecule has 1 aliphatic rings. The summed E-state index contributed by atoms with van der Waals surface area (Å²) < 4.78 is 15.9. The number of nitrogens with zero attached hydrogens (tertiary/aromatic N) is 3.